The van der Waals surface area contributed by atoms with Crippen molar-refractivity contribution in [3.63, 3.8) is 0 Å². The zero-order valence-electron chi connectivity index (χ0n) is 23.6. The first-order valence-corrected chi connectivity index (χ1v) is 13.0. The second-order valence-electron chi connectivity index (χ2n) is 8.75. The van der Waals surface area contributed by atoms with Crippen LogP contribution in [0, 0.1) is 0 Å². The standard InChI is InChI=1S/C29H33ClN4O6/c1-8-34(9-2)19-10-11-20(22(14-19)31-17(4)35)32-21-15-23(27(36)26(30)16(21)3)33-29(37)18-12-24(38-5)28(40-7)25(13-18)39-6/h10-15H,8-9H2,1-7H3,(H,31,35)(H,33,37). The van der Waals surface area contributed by atoms with Gasteiger partial charge in [0, 0.05) is 31.3 Å². The topological polar surface area (TPSA) is 119 Å². The van der Waals surface area contributed by atoms with Crippen LogP contribution >= 0.6 is 11.6 Å². The second-order valence-corrected chi connectivity index (χ2v) is 9.12. The molecule has 0 aliphatic heterocycles. The minimum Gasteiger partial charge on any atom is -0.493 e. The van der Waals surface area contributed by atoms with Gasteiger partial charge in [0.15, 0.2) is 11.5 Å². The Labute approximate surface area is 238 Å². The number of allylic oxidation sites excluding steroid dienone is 3. The molecular formula is C29H33ClN4O6. The Bertz CT molecular complexity index is 1400. The monoisotopic (exact) mass is 568 g/mol. The highest BCUT2D eigenvalue weighted by molar-refractivity contribution is 6.49. The molecule has 0 bridgehead atoms. The fraction of sp³-hybridized carbons (Fsp3) is 0.310. The summed E-state index contributed by atoms with van der Waals surface area (Å²) < 4.78 is 16.0. The Hall–Kier alpha value is -4.31. The fourth-order valence-corrected chi connectivity index (χ4v) is 4.35. The number of methoxy groups -OCH3 is 3. The van der Waals surface area contributed by atoms with Crippen LogP contribution in [-0.4, -0.2) is 57.7 Å². The number of ether oxygens (including phenoxy) is 3. The highest BCUT2D eigenvalue weighted by atomic mass is 35.5. The van der Waals surface area contributed by atoms with Crippen LogP contribution < -0.4 is 29.7 Å². The maximum atomic E-state index is 13.2. The van der Waals surface area contributed by atoms with Crippen LogP contribution in [-0.2, 0) is 9.59 Å². The van der Waals surface area contributed by atoms with E-state index < -0.39 is 11.7 Å². The summed E-state index contributed by atoms with van der Waals surface area (Å²) >= 11 is 6.39. The number of nitrogens with zero attached hydrogens (tertiary/aromatic N) is 2. The van der Waals surface area contributed by atoms with Crippen LogP contribution in [0.2, 0.25) is 0 Å². The number of hydrogen-bond donors (Lipinski definition) is 2. The third-order valence-corrected chi connectivity index (χ3v) is 6.73. The summed E-state index contributed by atoms with van der Waals surface area (Å²) in [7, 11) is 4.33. The first kappa shape index (κ1) is 30.2. The van der Waals surface area contributed by atoms with E-state index in [1.165, 1.54) is 46.5 Å². The molecule has 1 aliphatic carbocycles. The van der Waals surface area contributed by atoms with Gasteiger partial charge in [0.1, 0.15) is 0 Å². The van der Waals surface area contributed by atoms with E-state index in [-0.39, 0.29) is 33.7 Å². The molecule has 0 unspecified atom stereocenters. The Balaban J connectivity index is 2.04. The Morgan fingerprint density at radius 2 is 1.60 bits per heavy atom. The SMILES string of the molecule is CCN(CC)c1ccc(N=C2C=C(NC(=O)c3cc(OC)c(OC)c(OC)c3)C(=O)C(Cl)=C2C)c(NC(C)=O)c1. The number of Topliss-reactive ketones (excluding diaryl/α,β-unsaturated/α-hetero) is 1. The molecule has 10 nitrogen and oxygen atoms in total. The van der Waals surface area contributed by atoms with Gasteiger partial charge in [0.25, 0.3) is 5.91 Å². The largest absolute Gasteiger partial charge is 0.493 e. The minimum absolute atomic E-state index is 0.0612. The van der Waals surface area contributed by atoms with Gasteiger partial charge in [-0.2, -0.15) is 0 Å². The quantitative estimate of drug-likeness (QED) is 0.387. The number of benzene rings is 2. The fourth-order valence-electron chi connectivity index (χ4n) is 4.15. The molecule has 2 amide bonds. The number of rotatable bonds is 10. The van der Waals surface area contributed by atoms with Crippen LogP contribution in [0.3, 0.4) is 0 Å². The lowest BCUT2D eigenvalue weighted by molar-refractivity contribution is -0.114. The van der Waals surface area contributed by atoms with Crippen molar-refractivity contribution in [1.82, 2.24) is 5.32 Å². The van der Waals surface area contributed by atoms with Gasteiger partial charge in [-0.1, -0.05) is 11.6 Å². The number of carbonyl (C=O) groups excluding carboxylic acids is 3. The molecule has 11 heteroatoms. The summed E-state index contributed by atoms with van der Waals surface area (Å²) in [5.41, 5.74) is 2.78. The Kier molecular flexibility index (Phi) is 9.95. The summed E-state index contributed by atoms with van der Waals surface area (Å²) in [6.45, 7) is 8.75. The van der Waals surface area contributed by atoms with Crippen molar-refractivity contribution in [2.75, 3.05) is 44.6 Å². The molecule has 0 fully saturated rings. The van der Waals surface area contributed by atoms with E-state index in [1.54, 1.807) is 13.0 Å². The molecule has 0 saturated heterocycles. The summed E-state index contributed by atoms with van der Waals surface area (Å²) in [6.07, 6.45) is 1.45. The van der Waals surface area contributed by atoms with Crippen LogP contribution in [0.15, 0.2) is 57.7 Å². The molecule has 0 heterocycles. The van der Waals surface area contributed by atoms with Gasteiger partial charge in [-0.3, -0.25) is 14.4 Å². The number of halogens is 1. The van der Waals surface area contributed by atoms with Crippen LogP contribution in [0.25, 0.3) is 0 Å². The smallest absolute Gasteiger partial charge is 0.256 e. The number of ketones is 1. The molecule has 0 atom stereocenters. The van der Waals surface area contributed by atoms with Crippen molar-refractivity contribution in [1.29, 1.82) is 0 Å². The highest BCUT2D eigenvalue weighted by Crippen LogP contribution is 2.38. The lowest BCUT2D eigenvalue weighted by atomic mass is 10.0. The van der Waals surface area contributed by atoms with Crippen molar-refractivity contribution in [2.45, 2.75) is 27.7 Å². The molecule has 1 aliphatic rings. The number of amides is 2. The molecule has 0 aromatic heterocycles. The van der Waals surface area contributed by atoms with Gasteiger partial charge < -0.3 is 29.7 Å². The lowest BCUT2D eigenvalue weighted by Crippen LogP contribution is -2.31. The van der Waals surface area contributed by atoms with E-state index in [1.807, 2.05) is 26.0 Å². The van der Waals surface area contributed by atoms with Crippen LogP contribution in [0.5, 0.6) is 17.2 Å². The number of carbonyl (C=O) groups is 3. The van der Waals surface area contributed by atoms with E-state index in [4.69, 9.17) is 30.8 Å². The molecule has 0 spiro atoms. The molecule has 40 heavy (non-hydrogen) atoms. The normalized spacial score (nSPS) is 14.1. The summed E-state index contributed by atoms with van der Waals surface area (Å²) in [5.74, 6) is -0.512. The molecular weight excluding hydrogens is 536 g/mol. The minimum atomic E-state index is -0.593. The maximum absolute atomic E-state index is 13.2. The van der Waals surface area contributed by atoms with Gasteiger partial charge in [0.05, 0.1) is 49.1 Å². The van der Waals surface area contributed by atoms with Crippen LogP contribution in [0.1, 0.15) is 38.1 Å². The van der Waals surface area contributed by atoms with E-state index in [0.717, 1.165) is 18.8 Å². The molecule has 0 radical (unpaired) electrons. The van der Waals surface area contributed by atoms with Crippen molar-refractivity contribution in [2.24, 2.45) is 4.99 Å². The lowest BCUT2D eigenvalue weighted by Gasteiger charge is -2.22. The Morgan fingerprint density at radius 1 is 0.975 bits per heavy atom. The van der Waals surface area contributed by atoms with E-state index in [0.29, 0.717) is 28.4 Å². The van der Waals surface area contributed by atoms with E-state index in [2.05, 4.69) is 15.5 Å². The summed E-state index contributed by atoms with van der Waals surface area (Å²) in [4.78, 5) is 44.9. The van der Waals surface area contributed by atoms with E-state index in [9.17, 15) is 14.4 Å². The number of hydrogen-bond acceptors (Lipinski definition) is 8. The van der Waals surface area contributed by atoms with Crippen molar-refractivity contribution in [3.8, 4) is 17.2 Å². The zero-order chi connectivity index (χ0) is 29.6. The number of anilines is 2. The van der Waals surface area contributed by atoms with Gasteiger partial charge >= 0.3 is 0 Å². The molecule has 2 N–H and O–H groups in total. The van der Waals surface area contributed by atoms with Gasteiger partial charge in [-0.25, -0.2) is 4.99 Å². The van der Waals surface area contributed by atoms with Gasteiger partial charge in [-0.15, -0.1) is 0 Å². The Morgan fingerprint density at radius 3 is 2.12 bits per heavy atom. The average Bonchev–Trinajstić information content (AvgIpc) is 2.94. The summed E-state index contributed by atoms with van der Waals surface area (Å²) in [5, 5.41) is 5.37. The molecule has 0 saturated carbocycles. The molecule has 3 rings (SSSR count). The van der Waals surface area contributed by atoms with Crippen LogP contribution in [0.4, 0.5) is 17.1 Å². The summed E-state index contributed by atoms with van der Waals surface area (Å²) in [6, 6.07) is 8.48. The second kappa shape index (κ2) is 13.2. The van der Waals surface area contributed by atoms with E-state index >= 15 is 0 Å². The molecule has 2 aromatic carbocycles. The maximum Gasteiger partial charge on any atom is 0.256 e. The third-order valence-electron chi connectivity index (χ3n) is 6.27. The average molecular weight is 569 g/mol. The first-order valence-electron chi connectivity index (χ1n) is 12.6. The zero-order valence-corrected chi connectivity index (χ0v) is 24.4. The third kappa shape index (κ3) is 6.45. The van der Waals surface area contributed by atoms with Gasteiger partial charge in [0.2, 0.25) is 17.4 Å². The van der Waals surface area contributed by atoms with Crippen molar-refractivity contribution >= 4 is 52.0 Å². The highest BCUT2D eigenvalue weighted by Gasteiger charge is 2.27. The van der Waals surface area contributed by atoms with Crippen molar-refractivity contribution < 1.29 is 28.6 Å². The predicted molar refractivity (Wildman–Crippen MR) is 157 cm³/mol. The molecule has 2 aromatic rings. The number of aliphatic imine (C=N–C) groups is 1. The van der Waals surface area contributed by atoms with Crippen molar-refractivity contribution in [3.05, 3.63) is 58.3 Å². The number of nitrogens with one attached hydrogen (secondary N) is 2. The first-order chi connectivity index (χ1) is 19.1. The van der Waals surface area contributed by atoms with Gasteiger partial charge in [-0.05, 0) is 62.8 Å². The molecule has 212 valence electrons. The predicted octanol–water partition coefficient (Wildman–Crippen LogP) is 5.00.